The fraction of sp³-hybridized carbons (Fsp3) is 0.417. The molecular weight excluding hydrogens is 223 g/mol. The van der Waals surface area contributed by atoms with Gasteiger partial charge >= 0.3 is 6.03 Å². The maximum absolute atomic E-state index is 13.3. The summed E-state index contributed by atoms with van der Waals surface area (Å²) in [6, 6.07) is 5.66. The van der Waals surface area contributed by atoms with Gasteiger partial charge in [0.05, 0.1) is 5.69 Å². The van der Waals surface area contributed by atoms with Crippen molar-refractivity contribution in [1.29, 1.82) is 0 Å². The molecule has 0 unspecified atom stereocenters. The summed E-state index contributed by atoms with van der Waals surface area (Å²) in [6.07, 6.45) is 0.512. The predicted octanol–water partition coefficient (Wildman–Crippen LogP) is 2.06. The Morgan fingerprint density at radius 2 is 2.18 bits per heavy atom. The molecule has 1 aromatic rings. The number of amides is 2. The van der Waals surface area contributed by atoms with E-state index in [0.29, 0.717) is 19.5 Å². The summed E-state index contributed by atoms with van der Waals surface area (Å²) >= 11 is 0. The maximum Gasteiger partial charge on any atom is 0.321 e. The molecule has 94 valence electrons. The molecule has 2 amide bonds. The second-order valence-electron chi connectivity index (χ2n) is 3.57. The Morgan fingerprint density at radius 1 is 1.47 bits per heavy atom. The quantitative estimate of drug-likeness (QED) is 0.827. The SMILES string of the molecule is CCN(CCCO)C(=O)Nc1ccccc1F. The third-order valence-corrected chi connectivity index (χ3v) is 2.37. The summed E-state index contributed by atoms with van der Waals surface area (Å²) in [5, 5.41) is 11.2. The van der Waals surface area contributed by atoms with Crippen LogP contribution in [0.1, 0.15) is 13.3 Å². The Kier molecular flexibility index (Phi) is 5.42. The number of hydrogen-bond acceptors (Lipinski definition) is 2. The number of para-hydroxylation sites is 1. The van der Waals surface area contributed by atoms with Crippen LogP contribution in [0.2, 0.25) is 0 Å². The van der Waals surface area contributed by atoms with Gasteiger partial charge < -0.3 is 15.3 Å². The van der Waals surface area contributed by atoms with Gasteiger partial charge in [-0.1, -0.05) is 12.1 Å². The zero-order chi connectivity index (χ0) is 12.7. The Labute approximate surface area is 100 Å². The summed E-state index contributed by atoms with van der Waals surface area (Å²) in [4.78, 5) is 13.3. The lowest BCUT2D eigenvalue weighted by Crippen LogP contribution is -2.36. The van der Waals surface area contributed by atoms with Crippen LogP contribution in [0.3, 0.4) is 0 Å². The highest BCUT2D eigenvalue weighted by atomic mass is 19.1. The summed E-state index contributed by atoms with van der Waals surface area (Å²) in [6.45, 7) is 2.83. The number of nitrogens with zero attached hydrogens (tertiary/aromatic N) is 1. The molecule has 0 bridgehead atoms. The molecule has 0 aliphatic carbocycles. The molecular formula is C12H17FN2O2. The molecule has 4 nitrogen and oxygen atoms in total. The van der Waals surface area contributed by atoms with Crippen LogP contribution >= 0.6 is 0 Å². The predicted molar refractivity (Wildman–Crippen MR) is 64.4 cm³/mol. The molecule has 0 spiro atoms. The zero-order valence-electron chi connectivity index (χ0n) is 9.82. The Hall–Kier alpha value is -1.62. The molecule has 0 atom stereocenters. The van der Waals surface area contributed by atoms with Crippen molar-refractivity contribution < 1.29 is 14.3 Å². The summed E-state index contributed by atoms with van der Waals surface area (Å²) in [5.41, 5.74) is 0.167. The number of nitrogens with one attached hydrogen (secondary N) is 1. The average Bonchev–Trinajstić information content (AvgIpc) is 2.33. The normalized spacial score (nSPS) is 10.1. The molecule has 0 fully saturated rings. The number of carbonyl (C=O) groups excluding carboxylic acids is 1. The van der Waals surface area contributed by atoms with Gasteiger partial charge in [-0.25, -0.2) is 9.18 Å². The zero-order valence-corrected chi connectivity index (χ0v) is 9.82. The number of hydrogen-bond donors (Lipinski definition) is 2. The number of halogens is 1. The first kappa shape index (κ1) is 13.4. The van der Waals surface area contributed by atoms with E-state index in [0.717, 1.165) is 0 Å². The van der Waals surface area contributed by atoms with E-state index in [9.17, 15) is 9.18 Å². The monoisotopic (exact) mass is 240 g/mol. The van der Waals surface area contributed by atoms with Gasteiger partial charge in [-0.15, -0.1) is 0 Å². The van der Waals surface area contributed by atoms with Crippen molar-refractivity contribution in [2.24, 2.45) is 0 Å². The van der Waals surface area contributed by atoms with Crippen molar-refractivity contribution >= 4 is 11.7 Å². The third kappa shape index (κ3) is 4.03. The smallest absolute Gasteiger partial charge is 0.321 e. The Balaban J connectivity index is 2.61. The maximum atomic E-state index is 13.3. The number of rotatable bonds is 5. The summed E-state index contributed by atoms with van der Waals surface area (Å²) in [7, 11) is 0. The van der Waals surface area contributed by atoms with Crippen molar-refractivity contribution in [2.45, 2.75) is 13.3 Å². The minimum absolute atomic E-state index is 0.0312. The van der Waals surface area contributed by atoms with Crippen LogP contribution in [-0.2, 0) is 0 Å². The molecule has 1 aromatic carbocycles. The number of anilines is 1. The van der Waals surface area contributed by atoms with Gasteiger partial charge in [0.15, 0.2) is 0 Å². The lowest BCUT2D eigenvalue weighted by molar-refractivity contribution is 0.205. The molecule has 0 radical (unpaired) electrons. The van der Waals surface area contributed by atoms with Crippen molar-refractivity contribution in [2.75, 3.05) is 25.0 Å². The lowest BCUT2D eigenvalue weighted by Gasteiger charge is -2.21. The second-order valence-corrected chi connectivity index (χ2v) is 3.57. The molecule has 17 heavy (non-hydrogen) atoms. The fourth-order valence-electron chi connectivity index (χ4n) is 1.42. The highest BCUT2D eigenvalue weighted by Crippen LogP contribution is 2.13. The molecule has 0 saturated heterocycles. The van der Waals surface area contributed by atoms with E-state index in [1.165, 1.54) is 17.0 Å². The largest absolute Gasteiger partial charge is 0.396 e. The van der Waals surface area contributed by atoms with Gasteiger partial charge in [0.1, 0.15) is 5.82 Å². The minimum Gasteiger partial charge on any atom is -0.396 e. The van der Waals surface area contributed by atoms with Gasteiger partial charge in [-0.2, -0.15) is 0 Å². The molecule has 5 heteroatoms. The Bertz CT molecular complexity index is 371. The van der Waals surface area contributed by atoms with Crippen LogP contribution in [0.25, 0.3) is 0 Å². The standard InChI is InChI=1S/C12H17FN2O2/c1-2-15(8-5-9-16)12(17)14-11-7-4-3-6-10(11)13/h3-4,6-7,16H,2,5,8-9H2,1H3,(H,14,17). The minimum atomic E-state index is -0.459. The van der Waals surface area contributed by atoms with E-state index in [2.05, 4.69) is 5.32 Å². The van der Waals surface area contributed by atoms with Gasteiger partial charge in [-0.3, -0.25) is 0 Å². The van der Waals surface area contributed by atoms with Crippen molar-refractivity contribution in [3.05, 3.63) is 30.1 Å². The number of aliphatic hydroxyl groups is 1. The van der Waals surface area contributed by atoms with Crippen LogP contribution < -0.4 is 5.32 Å². The van der Waals surface area contributed by atoms with Crippen LogP contribution in [0, 0.1) is 5.82 Å². The Morgan fingerprint density at radius 3 is 2.76 bits per heavy atom. The number of benzene rings is 1. The molecule has 0 aromatic heterocycles. The molecule has 0 heterocycles. The van der Waals surface area contributed by atoms with Gasteiger partial charge in [0.25, 0.3) is 0 Å². The highest BCUT2D eigenvalue weighted by molar-refractivity contribution is 5.89. The summed E-state index contributed by atoms with van der Waals surface area (Å²) < 4.78 is 13.3. The van der Waals surface area contributed by atoms with Crippen molar-refractivity contribution in [1.82, 2.24) is 4.90 Å². The average molecular weight is 240 g/mol. The van der Waals surface area contributed by atoms with Crippen LogP contribution in [0.15, 0.2) is 24.3 Å². The topological polar surface area (TPSA) is 52.6 Å². The highest BCUT2D eigenvalue weighted by Gasteiger charge is 2.12. The second kappa shape index (κ2) is 6.85. The first-order chi connectivity index (χ1) is 8.19. The van der Waals surface area contributed by atoms with E-state index < -0.39 is 5.82 Å². The summed E-state index contributed by atoms with van der Waals surface area (Å²) in [5.74, 6) is -0.459. The van der Waals surface area contributed by atoms with E-state index >= 15 is 0 Å². The van der Waals surface area contributed by atoms with Crippen molar-refractivity contribution in [3.8, 4) is 0 Å². The lowest BCUT2D eigenvalue weighted by atomic mass is 10.3. The molecule has 2 N–H and O–H groups in total. The van der Waals surface area contributed by atoms with Crippen molar-refractivity contribution in [3.63, 3.8) is 0 Å². The molecule has 1 rings (SSSR count). The first-order valence-electron chi connectivity index (χ1n) is 5.60. The fourth-order valence-corrected chi connectivity index (χ4v) is 1.42. The van der Waals surface area contributed by atoms with Crippen LogP contribution in [0.4, 0.5) is 14.9 Å². The number of carbonyl (C=O) groups is 1. The van der Waals surface area contributed by atoms with E-state index in [-0.39, 0.29) is 18.3 Å². The molecule has 0 aliphatic heterocycles. The van der Waals surface area contributed by atoms with Gasteiger partial charge in [0, 0.05) is 19.7 Å². The van der Waals surface area contributed by atoms with E-state index in [4.69, 9.17) is 5.11 Å². The van der Waals surface area contributed by atoms with E-state index in [1.54, 1.807) is 12.1 Å². The third-order valence-electron chi connectivity index (χ3n) is 2.37. The van der Waals surface area contributed by atoms with Gasteiger partial charge in [0.2, 0.25) is 0 Å². The molecule has 0 aliphatic rings. The molecule has 0 saturated carbocycles. The van der Waals surface area contributed by atoms with E-state index in [1.807, 2.05) is 6.92 Å². The number of aliphatic hydroxyl groups excluding tert-OH is 1. The van der Waals surface area contributed by atoms with Gasteiger partial charge in [-0.05, 0) is 25.5 Å². The van der Waals surface area contributed by atoms with Crippen LogP contribution in [-0.4, -0.2) is 35.7 Å². The first-order valence-corrected chi connectivity index (χ1v) is 5.60. The number of urea groups is 1. The van der Waals surface area contributed by atoms with Crippen LogP contribution in [0.5, 0.6) is 0 Å².